The number of hydrogen-bond acceptors (Lipinski definition) is 5. The van der Waals surface area contributed by atoms with Gasteiger partial charge < -0.3 is 9.80 Å². The lowest BCUT2D eigenvalue weighted by atomic mass is 9.96. The number of aromatic nitrogens is 2. The molecule has 0 aliphatic carbocycles. The van der Waals surface area contributed by atoms with Crippen LogP contribution in [0.5, 0.6) is 0 Å². The minimum Gasteiger partial charge on any atom is -0.331 e. The fraction of sp³-hybridized carbons (Fsp3) is 0.370. The number of sulfone groups is 1. The van der Waals surface area contributed by atoms with Crippen LogP contribution < -0.4 is 0 Å². The van der Waals surface area contributed by atoms with Crippen LogP contribution in [0.1, 0.15) is 70.5 Å². The molecule has 11 heteroatoms. The summed E-state index contributed by atoms with van der Waals surface area (Å²) in [6.07, 6.45) is 1.70. The van der Waals surface area contributed by atoms with Gasteiger partial charge in [0.25, 0.3) is 11.8 Å². The van der Waals surface area contributed by atoms with Crippen molar-refractivity contribution in [3.8, 4) is 0 Å². The number of carbonyl (C=O) groups is 2. The molecule has 0 N–H and O–H groups in total. The summed E-state index contributed by atoms with van der Waals surface area (Å²) in [6.45, 7) is 6.64. The molecule has 0 unspecified atom stereocenters. The number of amides is 2. The summed E-state index contributed by atoms with van der Waals surface area (Å²) in [7, 11) is -3.31. The quantitative estimate of drug-likeness (QED) is 0.439. The molecule has 1 aromatic heterocycles. The Labute approximate surface area is 232 Å². The van der Waals surface area contributed by atoms with Gasteiger partial charge in [-0.2, -0.15) is 5.10 Å². The standard InChI is InChI=1S/C27H28Cl2N4O4S/c1-15-11-24-21(14-31(15)26(34)19-7-10-22(28)23(29)12-19)25-27(35)32(13-16(2)33(25)30-24)17(3)18-5-8-20(9-6-18)38(4,36)37/h5-10,12,15-17H,11,13-14H2,1-4H3/t15-,16-,17-/m1/s1. The van der Waals surface area contributed by atoms with Crippen molar-refractivity contribution in [3.63, 3.8) is 0 Å². The first kappa shape index (κ1) is 26.7. The van der Waals surface area contributed by atoms with Gasteiger partial charge in [-0.25, -0.2) is 8.42 Å². The summed E-state index contributed by atoms with van der Waals surface area (Å²) in [5.74, 6) is -0.345. The topological polar surface area (TPSA) is 92.6 Å². The van der Waals surface area contributed by atoms with Crippen molar-refractivity contribution >= 4 is 44.9 Å². The minimum absolute atomic E-state index is 0.0689. The van der Waals surface area contributed by atoms with E-state index in [9.17, 15) is 18.0 Å². The van der Waals surface area contributed by atoms with Crippen molar-refractivity contribution in [2.24, 2.45) is 0 Å². The van der Waals surface area contributed by atoms with Crippen LogP contribution in [0.15, 0.2) is 47.4 Å². The fourth-order valence-electron chi connectivity index (χ4n) is 5.26. The van der Waals surface area contributed by atoms with Crippen LogP contribution in [0.2, 0.25) is 10.0 Å². The Hall–Kier alpha value is -2.88. The molecule has 3 heterocycles. The van der Waals surface area contributed by atoms with Crippen molar-refractivity contribution in [2.45, 2.75) is 56.8 Å². The highest BCUT2D eigenvalue weighted by atomic mass is 35.5. The van der Waals surface area contributed by atoms with Crippen molar-refractivity contribution in [1.29, 1.82) is 0 Å². The molecule has 0 fully saturated rings. The molecule has 3 atom stereocenters. The lowest BCUT2D eigenvalue weighted by Crippen LogP contribution is -2.45. The number of fused-ring (bicyclic) bond motifs is 3. The van der Waals surface area contributed by atoms with E-state index in [1.165, 1.54) is 6.26 Å². The van der Waals surface area contributed by atoms with Gasteiger partial charge in [0.1, 0.15) is 5.69 Å². The van der Waals surface area contributed by atoms with Gasteiger partial charge in [-0.15, -0.1) is 0 Å². The van der Waals surface area contributed by atoms with Crippen molar-refractivity contribution < 1.29 is 18.0 Å². The first-order valence-corrected chi connectivity index (χ1v) is 15.0. The maximum absolute atomic E-state index is 13.9. The zero-order valence-electron chi connectivity index (χ0n) is 21.5. The highest BCUT2D eigenvalue weighted by Crippen LogP contribution is 2.35. The summed E-state index contributed by atoms with van der Waals surface area (Å²) < 4.78 is 25.5. The average molecular weight is 576 g/mol. The number of rotatable bonds is 4. The van der Waals surface area contributed by atoms with Crippen LogP contribution in [0.25, 0.3) is 0 Å². The number of halogens is 2. The molecule has 0 spiro atoms. The first-order chi connectivity index (χ1) is 17.9. The van der Waals surface area contributed by atoms with Crippen LogP contribution in [0.4, 0.5) is 0 Å². The Morgan fingerprint density at radius 1 is 1.05 bits per heavy atom. The number of benzene rings is 2. The highest BCUT2D eigenvalue weighted by molar-refractivity contribution is 7.90. The van der Waals surface area contributed by atoms with Crippen molar-refractivity contribution in [1.82, 2.24) is 19.6 Å². The maximum Gasteiger partial charge on any atom is 0.273 e. The monoisotopic (exact) mass is 574 g/mol. The van der Waals surface area contributed by atoms with Crippen LogP contribution >= 0.6 is 23.2 Å². The van der Waals surface area contributed by atoms with Gasteiger partial charge in [0.15, 0.2) is 9.84 Å². The normalized spacial score (nSPS) is 20.2. The minimum atomic E-state index is -3.31. The molecule has 0 bridgehead atoms. The molecule has 0 radical (unpaired) electrons. The molecule has 5 rings (SSSR count). The Morgan fingerprint density at radius 2 is 1.74 bits per heavy atom. The SMILES string of the molecule is C[C@@H]1Cc2nn3c(c2CN1C(=O)c1ccc(Cl)c(Cl)c1)C(=O)N([C@H](C)c1ccc(S(C)(=O)=O)cc1)C[C@H]3C. The molecule has 2 amide bonds. The Morgan fingerprint density at radius 3 is 2.37 bits per heavy atom. The van der Waals surface area contributed by atoms with Crippen LogP contribution in [-0.4, -0.2) is 58.7 Å². The predicted molar refractivity (Wildman–Crippen MR) is 145 cm³/mol. The van der Waals surface area contributed by atoms with Crippen LogP contribution in [0.3, 0.4) is 0 Å². The largest absolute Gasteiger partial charge is 0.331 e. The smallest absolute Gasteiger partial charge is 0.273 e. The summed E-state index contributed by atoms with van der Waals surface area (Å²) in [6, 6.07) is 11.0. The molecule has 2 aliphatic rings. The van der Waals surface area contributed by atoms with E-state index >= 15 is 0 Å². The van der Waals surface area contributed by atoms with E-state index in [2.05, 4.69) is 0 Å². The second kappa shape index (κ2) is 9.70. The van der Waals surface area contributed by atoms with Crippen molar-refractivity contribution in [3.05, 3.63) is 80.6 Å². The van der Waals surface area contributed by atoms with Gasteiger partial charge >= 0.3 is 0 Å². The highest BCUT2D eigenvalue weighted by Gasteiger charge is 2.40. The predicted octanol–water partition coefficient (Wildman–Crippen LogP) is 4.96. The van der Waals surface area contributed by atoms with E-state index in [1.54, 1.807) is 56.9 Å². The summed E-state index contributed by atoms with van der Waals surface area (Å²) >= 11 is 12.2. The molecule has 8 nitrogen and oxygen atoms in total. The molecular weight excluding hydrogens is 547 g/mol. The Balaban J connectivity index is 1.46. The molecular formula is C27H28Cl2N4O4S. The van der Waals surface area contributed by atoms with Gasteiger partial charge in [0.2, 0.25) is 0 Å². The van der Waals surface area contributed by atoms with E-state index in [4.69, 9.17) is 28.3 Å². The van der Waals surface area contributed by atoms with Crippen LogP contribution in [-0.2, 0) is 22.8 Å². The third-order valence-electron chi connectivity index (χ3n) is 7.47. The molecule has 200 valence electrons. The zero-order chi connectivity index (χ0) is 27.5. The summed E-state index contributed by atoms with van der Waals surface area (Å²) in [5.41, 5.74) is 3.36. The average Bonchev–Trinajstić information content (AvgIpc) is 3.25. The van der Waals surface area contributed by atoms with Gasteiger partial charge in [-0.1, -0.05) is 35.3 Å². The second-order valence-corrected chi connectivity index (χ2v) is 13.0. The summed E-state index contributed by atoms with van der Waals surface area (Å²) in [5, 5.41) is 5.48. The maximum atomic E-state index is 13.9. The third kappa shape index (κ3) is 4.61. The second-order valence-electron chi connectivity index (χ2n) is 10.2. The third-order valence-corrected chi connectivity index (χ3v) is 9.34. The van der Waals surface area contributed by atoms with Gasteiger partial charge in [0, 0.05) is 36.4 Å². The number of hydrogen-bond donors (Lipinski definition) is 0. The van der Waals surface area contributed by atoms with Gasteiger partial charge in [-0.05, 0) is 56.7 Å². The fourth-order valence-corrected chi connectivity index (χ4v) is 6.19. The Bertz CT molecular complexity index is 1550. The molecule has 38 heavy (non-hydrogen) atoms. The van der Waals surface area contributed by atoms with E-state index in [1.807, 2.05) is 20.8 Å². The Kier molecular flexibility index (Phi) is 6.82. The number of carbonyl (C=O) groups excluding carboxylic acids is 2. The van der Waals surface area contributed by atoms with E-state index in [-0.39, 0.29) is 41.4 Å². The zero-order valence-corrected chi connectivity index (χ0v) is 23.8. The molecule has 0 saturated carbocycles. The first-order valence-electron chi connectivity index (χ1n) is 12.3. The molecule has 2 aromatic carbocycles. The molecule has 0 saturated heterocycles. The summed E-state index contributed by atoms with van der Waals surface area (Å²) in [4.78, 5) is 31.1. The van der Waals surface area contributed by atoms with E-state index in [0.29, 0.717) is 34.3 Å². The van der Waals surface area contributed by atoms with Gasteiger partial charge in [-0.3, -0.25) is 14.3 Å². The van der Waals surface area contributed by atoms with Crippen LogP contribution in [0, 0.1) is 0 Å². The molecule has 2 aliphatic heterocycles. The van der Waals surface area contributed by atoms with Crippen molar-refractivity contribution in [2.75, 3.05) is 12.8 Å². The lowest BCUT2D eigenvalue weighted by molar-refractivity contribution is 0.0574. The lowest BCUT2D eigenvalue weighted by Gasteiger charge is -2.37. The van der Waals surface area contributed by atoms with Gasteiger partial charge in [0.05, 0.1) is 39.3 Å². The number of nitrogens with zero attached hydrogens (tertiary/aromatic N) is 4. The van der Waals surface area contributed by atoms with E-state index in [0.717, 1.165) is 16.8 Å². The van der Waals surface area contributed by atoms with E-state index < -0.39 is 9.84 Å². The molecule has 3 aromatic rings.